The van der Waals surface area contributed by atoms with Crippen molar-refractivity contribution in [1.29, 1.82) is 0 Å². The van der Waals surface area contributed by atoms with Crippen molar-refractivity contribution < 1.29 is 4.42 Å². The normalized spacial score (nSPS) is 38.9. The molecule has 2 saturated heterocycles. The molecule has 3 heterocycles. The first-order valence-corrected chi connectivity index (χ1v) is 7.03. The minimum Gasteiger partial charge on any atom is -0.472 e. The molecule has 0 saturated carbocycles. The second-order valence-electron chi connectivity index (χ2n) is 6.07. The molecule has 0 aromatic carbocycles. The minimum absolute atomic E-state index is 0.609. The summed E-state index contributed by atoms with van der Waals surface area (Å²) in [5, 5.41) is 0. The highest BCUT2D eigenvalue weighted by molar-refractivity contribution is 5.14. The van der Waals surface area contributed by atoms with Gasteiger partial charge in [-0.15, -0.1) is 0 Å². The number of nitrogens with zero attached hydrogens (tertiary/aromatic N) is 1. The van der Waals surface area contributed by atoms with Crippen molar-refractivity contribution in [3.05, 3.63) is 24.2 Å². The lowest BCUT2D eigenvalue weighted by Crippen LogP contribution is -2.50. The molecule has 1 aromatic heterocycles. The predicted molar refractivity (Wildman–Crippen MR) is 68.7 cm³/mol. The molecule has 0 radical (unpaired) electrons. The molecule has 0 amide bonds. The van der Waals surface area contributed by atoms with Crippen LogP contribution in [0.2, 0.25) is 0 Å². The Kier molecular flexibility index (Phi) is 2.99. The van der Waals surface area contributed by atoms with Crippen LogP contribution in [0.1, 0.15) is 51.1 Å². The SMILES string of the molecule is C[C@H]1CC[C@H]2[C@@H](C)CC[C@H](c3ccoc3)N2C1. The van der Waals surface area contributed by atoms with E-state index in [9.17, 15) is 0 Å². The number of hydrogen-bond donors (Lipinski definition) is 0. The summed E-state index contributed by atoms with van der Waals surface area (Å²) in [4.78, 5) is 2.76. The van der Waals surface area contributed by atoms with Crippen molar-refractivity contribution >= 4 is 0 Å². The van der Waals surface area contributed by atoms with E-state index >= 15 is 0 Å². The zero-order valence-corrected chi connectivity index (χ0v) is 10.9. The highest BCUT2D eigenvalue weighted by Crippen LogP contribution is 2.42. The van der Waals surface area contributed by atoms with Gasteiger partial charge in [-0.05, 0) is 43.6 Å². The second-order valence-corrected chi connectivity index (χ2v) is 6.07. The zero-order valence-electron chi connectivity index (χ0n) is 10.9. The lowest BCUT2D eigenvalue weighted by molar-refractivity contribution is -0.00172. The van der Waals surface area contributed by atoms with Crippen molar-refractivity contribution in [3.63, 3.8) is 0 Å². The van der Waals surface area contributed by atoms with Gasteiger partial charge in [0.25, 0.3) is 0 Å². The smallest absolute Gasteiger partial charge is 0.0950 e. The third kappa shape index (κ3) is 2.03. The average molecular weight is 233 g/mol. The van der Waals surface area contributed by atoms with Crippen LogP contribution in [-0.4, -0.2) is 17.5 Å². The van der Waals surface area contributed by atoms with E-state index in [-0.39, 0.29) is 0 Å². The van der Waals surface area contributed by atoms with Crippen LogP contribution in [0.3, 0.4) is 0 Å². The van der Waals surface area contributed by atoms with Crippen molar-refractivity contribution in [2.75, 3.05) is 6.54 Å². The molecule has 0 N–H and O–H groups in total. The Morgan fingerprint density at radius 3 is 2.82 bits per heavy atom. The Bertz CT molecular complexity index is 359. The van der Waals surface area contributed by atoms with E-state index in [2.05, 4.69) is 24.8 Å². The number of hydrogen-bond acceptors (Lipinski definition) is 2. The summed E-state index contributed by atoms with van der Waals surface area (Å²) in [7, 11) is 0. The van der Waals surface area contributed by atoms with Crippen molar-refractivity contribution in [2.24, 2.45) is 11.8 Å². The van der Waals surface area contributed by atoms with Crippen LogP contribution in [-0.2, 0) is 0 Å². The molecule has 0 bridgehead atoms. The van der Waals surface area contributed by atoms with E-state index in [4.69, 9.17) is 4.42 Å². The molecule has 4 atom stereocenters. The first-order chi connectivity index (χ1) is 8.25. The fourth-order valence-corrected chi connectivity index (χ4v) is 3.78. The summed E-state index contributed by atoms with van der Waals surface area (Å²) in [6.07, 6.45) is 9.21. The summed E-state index contributed by atoms with van der Waals surface area (Å²) < 4.78 is 5.27. The molecule has 2 nitrogen and oxygen atoms in total. The van der Waals surface area contributed by atoms with Crippen LogP contribution in [0.5, 0.6) is 0 Å². The molecule has 2 fully saturated rings. The van der Waals surface area contributed by atoms with Gasteiger partial charge >= 0.3 is 0 Å². The molecule has 0 spiro atoms. The van der Waals surface area contributed by atoms with E-state index in [0.29, 0.717) is 6.04 Å². The molecule has 0 unspecified atom stereocenters. The van der Waals surface area contributed by atoms with Gasteiger partial charge in [-0.3, -0.25) is 4.90 Å². The van der Waals surface area contributed by atoms with Gasteiger partial charge in [0.1, 0.15) is 0 Å². The van der Waals surface area contributed by atoms with E-state index in [1.165, 1.54) is 37.8 Å². The van der Waals surface area contributed by atoms with E-state index < -0.39 is 0 Å². The molecular formula is C15H23NO. The van der Waals surface area contributed by atoms with Gasteiger partial charge in [0.05, 0.1) is 12.5 Å². The first kappa shape index (κ1) is 11.3. The Morgan fingerprint density at radius 2 is 2.06 bits per heavy atom. The topological polar surface area (TPSA) is 16.4 Å². The summed E-state index contributed by atoms with van der Waals surface area (Å²) in [6.45, 7) is 6.09. The summed E-state index contributed by atoms with van der Waals surface area (Å²) in [5.41, 5.74) is 1.39. The van der Waals surface area contributed by atoms with Crippen LogP contribution < -0.4 is 0 Å². The molecule has 17 heavy (non-hydrogen) atoms. The summed E-state index contributed by atoms with van der Waals surface area (Å²) in [5.74, 6) is 1.72. The van der Waals surface area contributed by atoms with Crippen molar-refractivity contribution in [1.82, 2.24) is 4.90 Å². The van der Waals surface area contributed by atoms with Crippen molar-refractivity contribution in [2.45, 2.75) is 51.6 Å². The van der Waals surface area contributed by atoms with Crippen molar-refractivity contribution in [3.8, 4) is 0 Å². The number of furan rings is 1. The number of fused-ring (bicyclic) bond motifs is 1. The highest BCUT2D eigenvalue weighted by atomic mass is 16.3. The maximum atomic E-state index is 5.27. The molecule has 94 valence electrons. The van der Waals surface area contributed by atoms with Gasteiger partial charge in [-0.25, -0.2) is 0 Å². The number of piperidine rings is 2. The average Bonchev–Trinajstić information content (AvgIpc) is 2.83. The standard InChI is InChI=1S/C15H23NO/c1-11-3-5-14-12(2)4-6-15(16(14)9-11)13-7-8-17-10-13/h7-8,10-12,14-15H,3-6,9H2,1-2H3/t11-,12-,14-,15+/m0/s1. The van der Waals surface area contributed by atoms with Crippen LogP contribution in [0, 0.1) is 11.8 Å². The Labute approximate surface area is 104 Å². The van der Waals surface area contributed by atoms with Gasteiger partial charge in [-0.2, -0.15) is 0 Å². The Balaban J connectivity index is 1.84. The molecule has 1 aromatic rings. The number of rotatable bonds is 1. The van der Waals surface area contributed by atoms with Gasteiger partial charge in [0.15, 0.2) is 0 Å². The van der Waals surface area contributed by atoms with Gasteiger partial charge < -0.3 is 4.42 Å². The lowest BCUT2D eigenvalue weighted by Gasteiger charge is -2.49. The maximum absolute atomic E-state index is 5.27. The van der Waals surface area contributed by atoms with Crippen LogP contribution in [0.15, 0.2) is 23.0 Å². The molecule has 3 rings (SSSR count). The first-order valence-electron chi connectivity index (χ1n) is 7.03. The largest absolute Gasteiger partial charge is 0.472 e. The van der Waals surface area contributed by atoms with E-state index in [0.717, 1.165) is 17.9 Å². The van der Waals surface area contributed by atoms with Gasteiger partial charge in [0, 0.05) is 24.2 Å². The quantitative estimate of drug-likeness (QED) is 0.732. The summed E-state index contributed by atoms with van der Waals surface area (Å²) >= 11 is 0. The van der Waals surface area contributed by atoms with E-state index in [1.807, 2.05) is 12.5 Å². The Morgan fingerprint density at radius 1 is 1.18 bits per heavy atom. The fraction of sp³-hybridized carbons (Fsp3) is 0.733. The van der Waals surface area contributed by atoms with Gasteiger partial charge in [0.2, 0.25) is 0 Å². The predicted octanol–water partition coefficient (Wildman–Crippen LogP) is 3.85. The minimum atomic E-state index is 0.609. The maximum Gasteiger partial charge on any atom is 0.0950 e. The van der Waals surface area contributed by atoms with Crippen LogP contribution in [0.4, 0.5) is 0 Å². The second kappa shape index (κ2) is 4.49. The molecule has 2 aliphatic rings. The zero-order chi connectivity index (χ0) is 11.8. The van der Waals surface area contributed by atoms with Crippen LogP contribution in [0.25, 0.3) is 0 Å². The Hall–Kier alpha value is -0.760. The fourth-order valence-electron chi connectivity index (χ4n) is 3.78. The van der Waals surface area contributed by atoms with Crippen LogP contribution >= 0.6 is 0 Å². The third-order valence-corrected chi connectivity index (χ3v) is 4.78. The van der Waals surface area contributed by atoms with E-state index in [1.54, 1.807) is 0 Å². The lowest BCUT2D eigenvalue weighted by atomic mass is 9.78. The molecular weight excluding hydrogens is 210 g/mol. The van der Waals surface area contributed by atoms with Gasteiger partial charge in [-0.1, -0.05) is 13.8 Å². The molecule has 2 aliphatic heterocycles. The molecule has 0 aliphatic carbocycles. The highest BCUT2D eigenvalue weighted by Gasteiger charge is 2.38. The molecule has 2 heteroatoms. The summed E-state index contributed by atoms with van der Waals surface area (Å²) in [6, 6.07) is 3.56. The third-order valence-electron chi connectivity index (χ3n) is 4.78. The monoisotopic (exact) mass is 233 g/mol.